The second-order valence-corrected chi connectivity index (χ2v) is 5.89. The van der Waals surface area contributed by atoms with Gasteiger partial charge in [0, 0.05) is 12.0 Å². The number of nitrogens with one attached hydrogen (secondary N) is 1. The van der Waals surface area contributed by atoms with E-state index in [-0.39, 0.29) is 0 Å². The van der Waals surface area contributed by atoms with Gasteiger partial charge in [-0.2, -0.15) is 4.98 Å². The highest BCUT2D eigenvalue weighted by Crippen LogP contribution is 2.33. The van der Waals surface area contributed by atoms with E-state index < -0.39 is 0 Å². The first-order valence-electron chi connectivity index (χ1n) is 7.89. The van der Waals surface area contributed by atoms with Gasteiger partial charge >= 0.3 is 0 Å². The minimum absolute atomic E-state index is 0.390. The van der Waals surface area contributed by atoms with Crippen molar-refractivity contribution in [1.82, 2.24) is 15.5 Å². The molecule has 2 aromatic heterocycles. The molecule has 0 saturated heterocycles. The van der Waals surface area contributed by atoms with Crippen molar-refractivity contribution < 1.29 is 8.94 Å². The topological polar surface area (TPSA) is 64.1 Å². The van der Waals surface area contributed by atoms with Crippen LogP contribution in [0.5, 0.6) is 0 Å². The smallest absolute Gasteiger partial charge is 0.238 e. The van der Waals surface area contributed by atoms with Crippen molar-refractivity contribution in [1.29, 1.82) is 0 Å². The quantitative estimate of drug-likeness (QED) is 0.910. The van der Waals surface area contributed by atoms with E-state index in [0.717, 1.165) is 30.8 Å². The number of hydrogen-bond donors (Lipinski definition) is 1. The van der Waals surface area contributed by atoms with Crippen LogP contribution in [0, 0.1) is 6.92 Å². The lowest BCUT2D eigenvalue weighted by molar-refractivity contribution is 0.283. The van der Waals surface area contributed by atoms with Crippen LogP contribution in [0.15, 0.2) is 21.3 Å². The molecule has 0 radical (unpaired) electrons. The molecule has 1 saturated carbocycles. The molecule has 114 valence electrons. The van der Waals surface area contributed by atoms with E-state index >= 15 is 0 Å². The molecule has 1 fully saturated rings. The molecule has 5 nitrogen and oxygen atoms in total. The molecule has 0 atom stereocenters. The third-order valence-electron chi connectivity index (χ3n) is 4.27. The summed E-state index contributed by atoms with van der Waals surface area (Å²) in [5, 5.41) is 7.66. The molecule has 3 rings (SSSR count). The first kappa shape index (κ1) is 14.3. The molecule has 2 aromatic rings. The molecular formula is C16H23N3O2. The summed E-state index contributed by atoms with van der Waals surface area (Å²) in [6, 6.07) is 2.56. The van der Waals surface area contributed by atoms with Crippen molar-refractivity contribution in [3.8, 4) is 11.6 Å². The van der Waals surface area contributed by atoms with Gasteiger partial charge in [0.05, 0.1) is 6.26 Å². The van der Waals surface area contributed by atoms with Crippen molar-refractivity contribution in [2.24, 2.45) is 0 Å². The highest BCUT2D eigenvalue weighted by molar-refractivity contribution is 5.51. The molecule has 0 bridgehead atoms. The Kier molecular flexibility index (Phi) is 4.39. The number of furan rings is 1. The molecular weight excluding hydrogens is 266 g/mol. The van der Waals surface area contributed by atoms with Crippen LogP contribution in [0.2, 0.25) is 0 Å². The SMILES string of the molecule is CCCNC1CCC(c2nc(-c3occc3C)no2)CC1. The van der Waals surface area contributed by atoms with Crippen LogP contribution in [0.4, 0.5) is 0 Å². The third-order valence-corrected chi connectivity index (χ3v) is 4.27. The minimum Gasteiger partial charge on any atom is -0.461 e. The molecule has 5 heteroatoms. The lowest BCUT2D eigenvalue weighted by Crippen LogP contribution is -2.33. The van der Waals surface area contributed by atoms with E-state index in [2.05, 4.69) is 22.4 Å². The van der Waals surface area contributed by atoms with E-state index in [0.29, 0.717) is 23.5 Å². The number of rotatable bonds is 5. The van der Waals surface area contributed by atoms with Crippen LogP contribution in [0.25, 0.3) is 11.6 Å². The van der Waals surface area contributed by atoms with Crippen molar-refractivity contribution in [2.45, 2.75) is 57.9 Å². The molecule has 21 heavy (non-hydrogen) atoms. The maximum atomic E-state index is 5.46. The summed E-state index contributed by atoms with van der Waals surface area (Å²) in [5.41, 5.74) is 1.04. The second-order valence-electron chi connectivity index (χ2n) is 5.89. The highest BCUT2D eigenvalue weighted by atomic mass is 16.5. The summed E-state index contributed by atoms with van der Waals surface area (Å²) >= 11 is 0. The van der Waals surface area contributed by atoms with E-state index in [1.807, 2.05) is 13.0 Å². The standard InChI is InChI=1S/C16H23N3O2/c1-3-9-17-13-6-4-12(5-7-13)16-18-15(19-21-16)14-11(2)8-10-20-14/h8,10,12-13,17H,3-7,9H2,1-2H3. The summed E-state index contributed by atoms with van der Waals surface area (Å²) in [6.45, 7) is 5.30. The third kappa shape index (κ3) is 3.18. The van der Waals surface area contributed by atoms with Crippen LogP contribution < -0.4 is 5.32 Å². The van der Waals surface area contributed by atoms with Crippen molar-refractivity contribution in [3.05, 3.63) is 23.8 Å². The van der Waals surface area contributed by atoms with Crippen molar-refractivity contribution in [3.63, 3.8) is 0 Å². The fourth-order valence-corrected chi connectivity index (χ4v) is 2.99. The molecule has 0 aliphatic heterocycles. The zero-order valence-corrected chi connectivity index (χ0v) is 12.8. The van der Waals surface area contributed by atoms with E-state index in [4.69, 9.17) is 8.94 Å². The van der Waals surface area contributed by atoms with E-state index in [1.165, 1.54) is 19.3 Å². The van der Waals surface area contributed by atoms with Gasteiger partial charge in [-0.25, -0.2) is 0 Å². The Morgan fingerprint density at radius 3 is 2.76 bits per heavy atom. The van der Waals surface area contributed by atoms with Crippen LogP contribution in [-0.4, -0.2) is 22.7 Å². The van der Waals surface area contributed by atoms with Gasteiger partial charge in [-0.1, -0.05) is 12.1 Å². The van der Waals surface area contributed by atoms with Gasteiger partial charge in [-0.05, 0) is 57.2 Å². The first-order chi connectivity index (χ1) is 10.3. The Morgan fingerprint density at radius 1 is 1.29 bits per heavy atom. The summed E-state index contributed by atoms with van der Waals surface area (Å²) in [5.74, 6) is 2.43. The first-order valence-corrected chi connectivity index (χ1v) is 7.89. The fourth-order valence-electron chi connectivity index (χ4n) is 2.99. The second kappa shape index (κ2) is 6.43. The van der Waals surface area contributed by atoms with Crippen LogP contribution in [0.3, 0.4) is 0 Å². The molecule has 1 aliphatic carbocycles. The number of aromatic nitrogens is 2. The lowest BCUT2D eigenvalue weighted by atomic mass is 9.86. The van der Waals surface area contributed by atoms with Crippen molar-refractivity contribution >= 4 is 0 Å². The highest BCUT2D eigenvalue weighted by Gasteiger charge is 2.26. The Balaban J connectivity index is 1.62. The lowest BCUT2D eigenvalue weighted by Gasteiger charge is -2.27. The Morgan fingerprint density at radius 2 is 2.10 bits per heavy atom. The van der Waals surface area contributed by atoms with Gasteiger partial charge in [0.15, 0.2) is 5.76 Å². The van der Waals surface area contributed by atoms with Gasteiger partial charge in [-0.3, -0.25) is 0 Å². The molecule has 2 heterocycles. The number of nitrogens with zero attached hydrogens (tertiary/aromatic N) is 2. The predicted molar refractivity (Wildman–Crippen MR) is 80.0 cm³/mol. The summed E-state index contributed by atoms with van der Waals surface area (Å²) in [4.78, 5) is 4.53. The average Bonchev–Trinajstić information content (AvgIpc) is 3.14. The molecule has 0 aromatic carbocycles. The van der Waals surface area contributed by atoms with Gasteiger partial charge in [-0.15, -0.1) is 0 Å². The van der Waals surface area contributed by atoms with Gasteiger partial charge in [0.2, 0.25) is 11.7 Å². The summed E-state index contributed by atoms with van der Waals surface area (Å²) < 4.78 is 10.9. The Bertz CT molecular complexity index is 568. The van der Waals surface area contributed by atoms with Gasteiger partial charge in [0.1, 0.15) is 0 Å². The molecule has 1 aliphatic rings. The molecule has 0 spiro atoms. The zero-order chi connectivity index (χ0) is 14.7. The number of aryl methyl sites for hydroxylation is 1. The van der Waals surface area contributed by atoms with E-state index in [9.17, 15) is 0 Å². The van der Waals surface area contributed by atoms with E-state index in [1.54, 1.807) is 6.26 Å². The predicted octanol–water partition coefficient (Wildman–Crippen LogP) is 3.66. The van der Waals surface area contributed by atoms with Crippen LogP contribution in [0.1, 0.15) is 56.4 Å². The zero-order valence-electron chi connectivity index (χ0n) is 12.8. The molecule has 0 unspecified atom stereocenters. The normalized spacial score (nSPS) is 22.6. The molecule has 1 N–H and O–H groups in total. The van der Waals surface area contributed by atoms with Gasteiger partial charge in [0.25, 0.3) is 0 Å². The number of hydrogen-bond acceptors (Lipinski definition) is 5. The minimum atomic E-state index is 0.390. The average molecular weight is 289 g/mol. The summed E-state index contributed by atoms with van der Waals surface area (Å²) in [6.07, 6.45) is 7.44. The van der Waals surface area contributed by atoms with Crippen LogP contribution in [-0.2, 0) is 0 Å². The fraction of sp³-hybridized carbons (Fsp3) is 0.625. The monoisotopic (exact) mass is 289 g/mol. The Labute approximate surface area is 125 Å². The summed E-state index contributed by atoms with van der Waals surface area (Å²) in [7, 11) is 0. The van der Waals surface area contributed by atoms with Crippen molar-refractivity contribution in [2.75, 3.05) is 6.54 Å². The maximum absolute atomic E-state index is 5.46. The molecule has 0 amide bonds. The maximum Gasteiger partial charge on any atom is 0.238 e. The Hall–Kier alpha value is -1.62. The van der Waals surface area contributed by atoms with Crippen LogP contribution >= 0.6 is 0 Å². The van der Waals surface area contributed by atoms with Gasteiger partial charge < -0.3 is 14.3 Å². The largest absolute Gasteiger partial charge is 0.461 e.